The zero-order valence-electron chi connectivity index (χ0n) is 14.6. The second-order valence-corrected chi connectivity index (χ2v) is 6.09. The fraction of sp³-hybridized carbons (Fsp3) is 0.190. The monoisotopic (exact) mass is 345 g/mol. The van der Waals surface area contributed by atoms with Gasteiger partial charge in [0.25, 0.3) is 0 Å². The Balaban J connectivity index is 1.81. The molecule has 0 unspecified atom stereocenters. The highest BCUT2D eigenvalue weighted by molar-refractivity contribution is 6.08. The van der Waals surface area contributed by atoms with E-state index in [9.17, 15) is 4.79 Å². The number of ether oxygens (including phenoxy) is 1. The molecule has 1 aromatic heterocycles. The summed E-state index contributed by atoms with van der Waals surface area (Å²) < 4.78 is 8.20. The van der Waals surface area contributed by atoms with E-state index >= 15 is 0 Å². The lowest BCUT2D eigenvalue weighted by atomic mass is 10.1. The van der Waals surface area contributed by atoms with Crippen molar-refractivity contribution < 1.29 is 9.53 Å². The molecule has 0 bridgehead atoms. The second kappa shape index (κ2) is 6.96. The van der Waals surface area contributed by atoms with Crippen LogP contribution in [0.3, 0.4) is 0 Å². The molecule has 2 heterocycles. The van der Waals surface area contributed by atoms with Crippen molar-refractivity contribution in [1.82, 2.24) is 4.57 Å². The van der Waals surface area contributed by atoms with Gasteiger partial charge in [-0.3, -0.25) is 14.4 Å². The molecule has 0 atom stereocenters. The van der Waals surface area contributed by atoms with Gasteiger partial charge in [0.05, 0.1) is 11.2 Å². The van der Waals surface area contributed by atoms with Gasteiger partial charge in [-0.1, -0.05) is 42.5 Å². The number of hydrogen-bond acceptors (Lipinski definition) is 3. The summed E-state index contributed by atoms with van der Waals surface area (Å²) in [5, 5.41) is 1.05. The van der Waals surface area contributed by atoms with E-state index in [1.807, 2.05) is 30.3 Å². The van der Waals surface area contributed by atoms with Crippen LogP contribution in [0.1, 0.15) is 18.2 Å². The molecule has 3 aromatic rings. The van der Waals surface area contributed by atoms with Crippen molar-refractivity contribution in [2.75, 3.05) is 13.2 Å². The van der Waals surface area contributed by atoms with Crippen LogP contribution in [0, 0.1) is 0 Å². The van der Waals surface area contributed by atoms with E-state index in [0.717, 1.165) is 46.7 Å². The van der Waals surface area contributed by atoms with Crippen molar-refractivity contribution in [2.45, 2.75) is 13.3 Å². The van der Waals surface area contributed by atoms with Gasteiger partial charge in [0.15, 0.2) is 0 Å². The Morgan fingerprint density at radius 2 is 1.96 bits per heavy atom. The molecule has 0 N–H and O–H groups in total. The third-order valence-corrected chi connectivity index (χ3v) is 4.35. The van der Waals surface area contributed by atoms with Crippen molar-refractivity contribution in [2.24, 2.45) is 9.98 Å². The summed E-state index contributed by atoms with van der Waals surface area (Å²) in [5.74, 6) is 1.56. The van der Waals surface area contributed by atoms with Crippen LogP contribution in [0.2, 0.25) is 0 Å². The minimum absolute atomic E-state index is 0.226. The Labute approximate surface area is 151 Å². The van der Waals surface area contributed by atoms with Crippen LogP contribution < -0.4 is 4.74 Å². The Morgan fingerprint density at radius 1 is 1.19 bits per heavy atom. The van der Waals surface area contributed by atoms with Gasteiger partial charge in [0, 0.05) is 37.1 Å². The van der Waals surface area contributed by atoms with E-state index < -0.39 is 0 Å². The number of nitrogens with zero attached hydrogens (tertiary/aromatic N) is 3. The Kier molecular flexibility index (Phi) is 4.35. The third-order valence-electron chi connectivity index (χ3n) is 4.35. The molecule has 5 heteroatoms. The summed E-state index contributed by atoms with van der Waals surface area (Å²) in [7, 11) is 0. The van der Waals surface area contributed by atoms with Crippen molar-refractivity contribution in [1.29, 1.82) is 0 Å². The number of hydrogen-bond donors (Lipinski definition) is 0. The highest BCUT2D eigenvalue weighted by Crippen LogP contribution is 2.35. The highest BCUT2D eigenvalue weighted by Gasteiger charge is 2.24. The average Bonchev–Trinajstić information content (AvgIpc) is 3.00. The van der Waals surface area contributed by atoms with Crippen molar-refractivity contribution in [3.63, 3.8) is 0 Å². The SMILES string of the molecule is CC(=O)N=CCOc1c2n(c3ccccc13)C(c1ccccc1)=NCC2. The quantitative estimate of drug-likeness (QED) is 0.680. The molecule has 0 radical (unpaired) electrons. The molecule has 1 aliphatic heterocycles. The Morgan fingerprint density at radius 3 is 2.77 bits per heavy atom. The lowest BCUT2D eigenvalue weighted by molar-refractivity contribution is -0.115. The maximum absolute atomic E-state index is 11.0. The largest absolute Gasteiger partial charge is 0.485 e. The number of para-hydroxylation sites is 1. The molecule has 0 saturated carbocycles. The topological polar surface area (TPSA) is 55.9 Å². The van der Waals surface area contributed by atoms with Gasteiger partial charge in [-0.25, -0.2) is 4.99 Å². The highest BCUT2D eigenvalue weighted by atomic mass is 16.5. The van der Waals surface area contributed by atoms with Crippen molar-refractivity contribution in [3.8, 4) is 5.75 Å². The number of aromatic nitrogens is 1. The molecule has 0 aliphatic carbocycles. The molecule has 4 rings (SSSR count). The summed E-state index contributed by atoms with van der Waals surface area (Å²) in [4.78, 5) is 19.5. The van der Waals surface area contributed by atoms with Crippen molar-refractivity contribution in [3.05, 3.63) is 65.9 Å². The maximum atomic E-state index is 11.0. The van der Waals surface area contributed by atoms with Gasteiger partial charge in [0.1, 0.15) is 18.2 Å². The molecule has 0 saturated heterocycles. The number of carbonyl (C=O) groups is 1. The van der Waals surface area contributed by atoms with Crippen LogP contribution in [0.4, 0.5) is 0 Å². The number of amides is 1. The van der Waals surface area contributed by atoms with Gasteiger partial charge >= 0.3 is 0 Å². The van der Waals surface area contributed by atoms with Crippen LogP contribution in [0.25, 0.3) is 10.9 Å². The lowest BCUT2D eigenvalue weighted by Crippen LogP contribution is -2.22. The summed E-state index contributed by atoms with van der Waals surface area (Å²) in [6, 6.07) is 18.4. The standard InChI is InChI=1S/C21H19N3O2/c1-15(25)22-13-14-26-20-17-9-5-6-10-18(17)24-19(20)11-12-23-21(24)16-7-3-2-4-8-16/h2-10,13H,11-12,14H2,1H3. The minimum atomic E-state index is -0.226. The van der Waals surface area contributed by atoms with Crippen LogP contribution in [0.15, 0.2) is 64.6 Å². The molecule has 130 valence electrons. The summed E-state index contributed by atoms with van der Waals surface area (Å²) in [6.07, 6.45) is 2.32. The molecule has 0 fully saturated rings. The molecular weight excluding hydrogens is 326 g/mol. The van der Waals surface area contributed by atoms with Gasteiger partial charge < -0.3 is 4.74 Å². The summed E-state index contributed by atoms with van der Waals surface area (Å²) in [6.45, 7) is 2.41. The predicted octanol–water partition coefficient (Wildman–Crippen LogP) is 3.49. The number of aliphatic imine (C=N–C) groups is 2. The molecule has 2 aromatic carbocycles. The van der Waals surface area contributed by atoms with E-state index in [1.165, 1.54) is 13.1 Å². The van der Waals surface area contributed by atoms with Crippen LogP contribution >= 0.6 is 0 Å². The van der Waals surface area contributed by atoms with Crippen LogP contribution in [-0.4, -0.2) is 35.7 Å². The molecular formula is C21H19N3O2. The van der Waals surface area contributed by atoms with Crippen LogP contribution in [0.5, 0.6) is 5.75 Å². The van der Waals surface area contributed by atoms with Gasteiger partial charge in [-0.2, -0.15) is 0 Å². The average molecular weight is 345 g/mol. The number of benzene rings is 2. The zero-order chi connectivity index (χ0) is 17.9. The lowest BCUT2D eigenvalue weighted by Gasteiger charge is -2.18. The molecule has 1 aliphatic rings. The van der Waals surface area contributed by atoms with E-state index in [0.29, 0.717) is 0 Å². The molecule has 26 heavy (non-hydrogen) atoms. The van der Waals surface area contributed by atoms with E-state index in [2.05, 4.69) is 33.8 Å². The van der Waals surface area contributed by atoms with Gasteiger partial charge in [-0.05, 0) is 12.1 Å². The zero-order valence-corrected chi connectivity index (χ0v) is 14.6. The molecule has 5 nitrogen and oxygen atoms in total. The fourth-order valence-corrected chi connectivity index (χ4v) is 3.32. The third kappa shape index (κ3) is 2.92. The predicted molar refractivity (Wildman–Crippen MR) is 104 cm³/mol. The summed E-state index contributed by atoms with van der Waals surface area (Å²) >= 11 is 0. The first-order valence-electron chi connectivity index (χ1n) is 8.64. The number of rotatable bonds is 4. The minimum Gasteiger partial charge on any atom is -0.485 e. The number of carbonyl (C=O) groups excluding carboxylic acids is 1. The first-order chi connectivity index (χ1) is 12.8. The summed E-state index contributed by atoms with van der Waals surface area (Å²) in [5.41, 5.74) is 3.26. The van der Waals surface area contributed by atoms with E-state index in [-0.39, 0.29) is 12.5 Å². The Bertz CT molecular complexity index is 1020. The second-order valence-electron chi connectivity index (χ2n) is 6.09. The fourth-order valence-electron chi connectivity index (χ4n) is 3.32. The normalized spacial score (nSPS) is 13.7. The molecule has 1 amide bonds. The smallest absolute Gasteiger partial charge is 0.242 e. The molecule has 0 spiro atoms. The maximum Gasteiger partial charge on any atom is 0.242 e. The van der Waals surface area contributed by atoms with Crippen molar-refractivity contribution >= 4 is 28.9 Å². The van der Waals surface area contributed by atoms with E-state index in [1.54, 1.807) is 0 Å². The van der Waals surface area contributed by atoms with Crippen LogP contribution in [-0.2, 0) is 11.2 Å². The number of fused-ring (bicyclic) bond motifs is 3. The first kappa shape index (κ1) is 16.3. The Hall–Kier alpha value is -3.21. The van der Waals surface area contributed by atoms with Gasteiger partial charge in [-0.15, -0.1) is 0 Å². The van der Waals surface area contributed by atoms with Gasteiger partial charge in [0.2, 0.25) is 5.91 Å². The first-order valence-corrected chi connectivity index (χ1v) is 8.64. The van der Waals surface area contributed by atoms with E-state index in [4.69, 9.17) is 9.73 Å².